The van der Waals surface area contributed by atoms with E-state index in [2.05, 4.69) is 5.32 Å². The monoisotopic (exact) mass is 282 g/mol. The molecule has 1 aromatic carbocycles. The fraction of sp³-hybridized carbons (Fsp3) is 0.429. The molecule has 0 unspecified atom stereocenters. The van der Waals surface area contributed by atoms with E-state index in [0.717, 1.165) is 6.07 Å². The van der Waals surface area contributed by atoms with E-state index >= 15 is 0 Å². The number of rotatable bonds is 2. The molecule has 1 N–H and O–H groups in total. The van der Waals surface area contributed by atoms with Crippen LogP contribution in [0.15, 0.2) is 18.2 Å². The summed E-state index contributed by atoms with van der Waals surface area (Å²) in [7, 11) is 0. The minimum Gasteiger partial charge on any atom is -0.323 e. The van der Waals surface area contributed by atoms with Crippen molar-refractivity contribution in [2.75, 3.05) is 5.32 Å². The van der Waals surface area contributed by atoms with Gasteiger partial charge in [0, 0.05) is 18.8 Å². The molecule has 0 spiro atoms. The van der Waals surface area contributed by atoms with E-state index in [0.29, 0.717) is 0 Å². The Balaban J connectivity index is 2.00. The van der Waals surface area contributed by atoms with E-state index < -0.39 is 23.6 Å². The van der Waals surface area contributed by atoms with Crippen molar-refractivity contribution in [3.63, 3.8) is 0 Å². The molecule has 0 radical (unpaired) electrons. The van der Waals surface area contributed by atoms with Crippen LogP contribution in [0.2, 0.25) is 0 Å². The highest BCUT2D eigenvalue weighted by Crippen LogP contribution is 2.36. The topological polar surface area (TPSA) is 52.9 Å². The van der Waals surface area contributed by atoms with Gasteiger partial charge < -0.3 is 5.32 Å². The molecule has 1 aromatic rings. The zero-order valence-corrected chi connectivity index (χ0v) is 10.6. The molecule has 20 heavy (non-hydrogen) atoms. The zero-order valence-electron chi connectivity index (χ0n) is 10.6. The Morgan fingerprint density at radius 1 is 1.35 bits per heavy atom. The van der Waals surface area contributed by atoms with E-state index in [4.69, 9.17) is 5.26 Å². The van der Waals surface area contributed by atoms with Gasteiger partial charge in [-0.15, -0.1) is 0 Å². The lowest BCUT2D eigenvalue weighted by molar-refractivity contribution is -0.124. The molecule has 1 amide bonds. The second kappa shape index (κ2) is 5.53. The molecule has 0 heterocycles. The van der Waals surface area contributed by atoms with Gasteiger partial charge in [-0.2, -0.15) is 5.26 Å². The molecule has 1 saturated carbocycles. The van der Waals surface area contributed by atoms with Crippen LogP contribution in [0, 0.1) is 23.1 Å². The van der Waals surface area contributed by atoms with Gasteiger partial charge in [0.25, 0.3) is 0 Å². The van der Waals surface area contributed by atoms with Crippen molar-refractivity contribution in [2.45, 2.75) is 31.6 Å². The Kier molecular flexibility index (Phi) is 3.98. The lowest BCUT2D eigenvalue weighted by atomic mass is 9.86. The Morgan fingerprint density at radius 3 is 2.55 bits per heavy atom. The highest BCUT2D eigenvalue weighted by atomic mass is 19.3. The van der Waals surface area contributed by atoms with Crippen molar-refractivity contribution in [1.82, 2.24) is 0 Å². The summed E-state index contributed by atoms with van der Waals surface area (Å²) in [6.07, 6.45) is -0.449. The number of hydrogen-bond donors (Lipinski definition) is 1. The second-order valence-electron chi connectivity index (χ2n) is 4.93. The number of amides is 1. The predicted octanol–water partition coefficient (Wildman–Crippen LogP) is 3.46. The first kappa shape index (κ1) is 14.4. The maximum Gasteiger partial charge on any atom is 0.248 e. The van der Waals surface area contributed by atoms with E-state index in [1.54, 1.807) is 6.07 Å². The van der Waals surface area contributed by atoms with Crippen LogP contribution in [0.5, 0.6) is 0 Å². The van der Waals surface area contributed by atoms with Crippen molar-refractivity contribution in [1.29, 1.82) is 5.26 Å². The first-order valence-electron chi connectivity index (χ1n) is 6.29. The molecular formula is C14H13F3N2O. The average Bonchev–Trinajstić information content (AvgIpc) is 2.40. The Bertz CT molecular complexity index is 556. The summed E-state index contributed by atoms with van der Waals surface area (Å²) in [5.41, 5.74) is 0.115. The van der Waals surface area contributed by atoms with Gasteiger partial charge in [-0.1, -0.05) is 0 Å². The molecular weight excluding hydrogens is 269 g/mol. The quantitative estimate of drug-likeness (QED) is 0.903. The fourth-order valence-corrected chi connectivity index (χ4v) is 2.22. The number of hydrogen-bond acceptors (Lipinski definition) is 2. The number of benzene rings is 1. The van der Waals surface area contributed by atoms with Gasteiger partial charge in [0.15, 0.2) is 0 Å². The Morgan fingerprint density at radius 2 is 2.00 bits per heavy atom. The molecule has 3 nitrogen and oxygen atoms in total. The van der Waals surface area contributed by atoms with Crippen LogP contribution in [0.4, 0.5) is 18.9 Å². The maximum atomic E-state index is 13.6. The second-order valence-corrected chi connectivity index (χ2v) is 4.93. The minimum absolute atomic E-state index is 0.0358. The third kappa shape index (κ3) is 3.29. The van der Waals surface area contributed by atoms with Crippen LogP contribution in [-0.2, 0) is 4.79 Å². The zero-order chi connectivity index (χ0) is 14.8. The van der Waals surface area contributed by atoms with Gasteiger partial charge in [0.05, 0.1) is 17.3 Å². The minimum atomic E-state index is -2.70. The van der Waals surface area contributed by atoms with Crippen LogP contribution in [0.1, 0.15) is 31.2 Å². The van der Waals surface area contributed by atoms with Crippen molar-refractivity contribution in [3.8, 4) is 6.07 Å². The van der Waals surface area contributed by atoms with Crippen molar-refractivity contribution in [2.24, 2.45) is 5.92 Å². The van der Waals surface area contributed by atoms with Crippen LogP contribution < -0.4 is 5.32 Å². The predicted molar refractivity (Wildman–Crippen MR) is 66.6 cm³/mol. The summed E-state index contributed by atoms with van der Waals surface area (Å²) in [6, 6.07) is 5.48. The van der Waals surface area contributed by atoms with E-state index in [1.807, 2.05) is 0 Å². The summed E-state index contributed by atoms with van der Waals surface area (Å²) in [5, 5.41) is 11.0. The number of nitriles is 1. The number of carbonyl (C=O) groups excluding carboxylic acids is 1. The molecule has 0 saturated heterocycles. The molecule has 1 fully saturated rings. The largest absolute Gasteiger partial charge is 0.323 e. The number of nitrogens with zero attached hydrogens (tertiary/aromatic N) is 1. The highest BCUT2D eigenvalue weighted by Gasteiger charge is 2.37. The van der Waals surface area contributed by atoms with Crippen LogP contribution in [-0.4, -0.2) is 11.8 Å². The fourth-order valence-electron chi connectivity index (χ4n) is 2.22. The Labute approximate surface area is 114 Å². The molecule has 0 atom stereocenters. The first-order chi connectivity index (χ1) is 9.41. The molecule has 1 aliphatic rings. The van der Waals surface area contributed by atoms with Gasteiger partial charge >= 0.3 is 0 Å². The van der Waals surface area contributed by atoms with E-state index in [-0.39, 0.29) is 36.9 Å². The number of anilines is 1. The number of carbonyl (C=O) groups is 1. The maximum absolute atomic E-state index is 13.6. The summed E-state index contributed by atoms with van der Waals surface area (Å²) in [4.78, 5) is 11.9. The highest BCUT2D eigenvalue weighted by molar-refractivity contribution is 5.92. The lowest BCUT2D eigenvalue weighted by Gasteiger charge is -2.27. The SMILES string of the molecule is N#Cc1ccc(NC(=O)C2CCC(F)(F)CC2)c(F)c1. The third-order valence-electron chi connectivity index (χ3n) is 3.44. The molecule has 6 heteroatoms. The molecule has 2 rings (SSSR count). The van der Waals surface area contributed by atoms with E-state index in [9.17, 15) is 18.0 Å². The van der Waals surface area contributed by atoms with Gasteiger partial charge in [-0.3, -0.25) is 4.79 Å². The molecule has 106 valence electrons. The van der Waals surface area contributed by atoms with Crippen LogP contribution in [0.3, 0.4) is 0 Å². The molecule has 1 aliphatic carbocycles. The average molecular weight is 282 g/mol. The summed E-state index contributed by atoms with van der Waals surface area (Å²) < 4.78 is 39.6. The summed E-state index contributed by atoms with van der Waals surface area (Å²) in [5.74, 6) is -4.39. The normalized spacial score (nSPS) is 18.3. The third-order valence-corrected chi connectivity index (χ3v) is 3.44. The van der Waals surface area contributed by atoms with E-state index in [1.165, 1.54) is 12.1 Å². The molecule has 0 aromatic heterocycles. The van der Waals surface area contributed by atoms with Crippen LogP contribution >= 0.6 is 0 Å². The first-order valence-corrected chi connectivity index (χ1v) is 6.29. The number of halogens is 3. The van der Waals surface area contributed by atoms with Gasteiger partial charge in [-0.25, -0.2) is 13.2 Å². The number of alkyl halides is 2. The summed E-state index contributed by atoms with van der Waals surface area (Å²) in [6.45, 7) is 0. The summed E-state index contributed by atoms with van der Waals surface area (Å²) >= 11 is 0. The lowest BCUT2D eigenvalue weighted by Crippen LogP contribution is -2.32. The van der Waals surface area contributed by atoms with Gasteiger partial charge in [0.1, 0.15) is 5.82 Å². The smallest absolute Gasteiger partial charge is 0.248 e. The van der Waals surface area contributed by atoms with Crippen molar-refractivity contribution in [3.05, 3.63) is 29.6 Å². The molecule has 0 bridgehead atoms. The Hall–Kier alpha value is -2.03. The van der Waals surface area contributed by atoms with Crippen molar-refractivity contribution >= 4 is 11.6 Å². The van der Waals surface area contributed by atoms with Crippen molar-refractivity contribution < 1.29 is 18.0 Å². The van der Waals surface area contributed by atoms with Gasteiger partial charge in [-0.05, 0) is 31.0 Å². The van der Waals surface area contributed by atoms with Gasteiger partial charge in [0.2, 0.25) is 11.8 Å². The number of nitrogens with one attached hydrogen (secondary N) is 1. The van der Waals surface area contributed by atoms with Crippen LogP contribution in [0.25, 0.3) is 0 Å². The molecule has 0 aliphatic heterocycles. The standard InChI is InChI=1S/C14H13F3N2O/c15-11-7-9(8-18)1-2-12(11)19-13(20)10-3-5-14(16,17)6-4-10/h1-2,7,10H,3-6H2,(H,19,20).